The summed E-state index contributed by atoms with van der Waals surface area (Å²) in [5, 5.41) is 4.59. The molecule has 0 saturated carbocycles. The summed E-state index contributed by atoms with van der Waals surface area (Å²) in [6.45, 7) is 3.41. The first-order chi connectivity index (χ1) is 8.95. The Bertz CT molecular complexity index is 418. The smallest absolute Gasteiger partial charge is 0.182 e. The van der Waals surface area contributed by atoms with Gasteiger partial charge in [0.05, 0.1) is 23.9 Å². The molecular formula is C13H22ClN3O2. The molecule has 6 heteroatoms. The molecule has 0 spiro atoms. The number of hydrogen-bond acceptors (Lipinski definition) is 4. The first-order valence-electron chi connectivity index (χ1n) is 6.37. The first-order valence-corrected chi connectivity index (χ1v) is 6.75. The second-order valence-corrected chi connectivity index (χ2v) is 5.28. The summed E-state index contributed by atoms with van der Waals surface area (Å²) >= 11 is 6.06. The zero-order chi connectivity index (χ0) is 14.4. The lowest BCUT2D eigenvalue weighted by Crippen LogP contribution is -2.22. The van der Waals surface area contributed by atoms with Crippen LogP contribution >= 0.6 is 11.6 Å². The molecule has 5 nitrogen and oxygen atoms in total. The van der Waals surface area contributed by atoms with Crippen LogP contribution in [0.4, 0.5) is 0 Å². The number of carbonyl (C=O) groups excluding carboxylic acids is 1. The molecule has 0 aliphatic heterocycles. The molecule has 1 aromatic rings. The van der Waals surface area contributed by atoms with E-state index in [1.807, 2.05) is 25.9 Å². The monoisotopic (exact) mass is 287 g/mol. The number of carbonyl (C=O) groups is 1. The maximum atomic E-state index is 12.2. The van der Waals surface area contributed by atoms with Crippen LogP contribution in [-0.2, 0) is 11.3 Å². The van der Waals surface area contributed by atoms with Gasteiger partial charge in [-0.2, -0.15) is 5.10 Å². The van der Waals surface area contributed by atoms with Crippen molar-refractivity contribution in [1.29, 1.82) is 0 Å². The molecule has 0 radical (unpaired) electrons. The second kappa shape index (κ2) is 7.62. The minimum Gasteiger partial charge on any atom is -0.382 e. The van der Waals surface area contributed by atoms with Gasteiger partial charge in [0.2, 0.25) is 0 Å². The standard InChI is InChI=1S/C13H22ClN3O2/c1-10(19-4)5-6-12(18)13-11(14)9-15-17(13)8-7-16(2)3/h9-10H,5-8H2,1-4H3. The molecule has 108 valence electrons. The van der Waals surface area contributed by atoms with Gasteiger partial charge >= 0.3 is 0 Å². The van der Waals surface area contributed by atoms with Gasteiger partial charge in [0.1, 0.15) is 5.69 Å². The van der Waals surface area contributed by atoms with Gasteiger partial charge in [-0.05, 0) is 27.4 Å². The van der Waals surface area contributed by atoms with Crippen molar-refractivity contribution in [3.8, 4) is 0 Å². The van der Waals surface area contributed by atoms with Crippen LogP contribution in [0.2, 0.25) is 5.02 Å². The number of rotatable bonds is 8. The van der Waals surface area contributed by atoms with Gasteiger partial charge in [0, 0.05) is 20.1 Å². The molecule has 0 aliphatic carbocycles. The maximum Gasteiger partial charge on any atom is 0.182 e. The van der Waals surface area contributed by atoms with Crippen molar-refractivity contribution in [1.82, 2.24) is 14.7 Å². The summed E-state index contributed by atoms with van der Waals surface area (Å²) in [5.74, 6) is 0.0187. The number of Topliss-reactive ketones (excluding diaryl/α,β-unsaturated/α-hetero) is 1. The van der Waals surface area contributed by atoms with Crippen molar-refractivity contribution in [3.05, 3.63) is 16.9 Å². The van der Waals surface area contributed by atoms with Crippen molar-refractivity contribution in [2.45, 2.75) is 32.4 Å². The van der Waals surface area contributed by atoms with Crippen LogP contribution in [0.3, 0.4) is 0 Å². The molecule has 0 fully saturated rings. The first kappa shape index (κ1) is 16.1. The molecule has 0 amide bonds. The van der Waals surface area contributed by atoms with Crippen LogP contribution in [-0.4, -0.2) is 54.3 Å². The van der Waals surface area contributed by atoms with Gasteiger partial charge < -0.3 is 9.64 Å². The van der Waals surface area contributed by atoms with E-state index in [1.165, 1.54) is 6.20 Å². The van der Waals surface area contributed by atoms with Crippen LogP contribution in [0.25, 0.3) is 0 Å². The third kappa shape index (κ3) is 4.93. The fraction of sp³-hybridized carbons (Fsp3) is 0.692. The normalized spacial score (nSPS) is 12.9. The minimum absolute atomic E-state index is 0.0187. The highest BCUT2D eigenvalue weighted by Gasteiger charge is 2.18. The zero-order valence-electron chi connectivity index (χ0n) is 12.0. The Balaban J connectivity index is 2.69. The van der Waals surface area contributed by atoms with Crippen LogP contribution < -0.4 is 0 Å². The summed E-state index contributed by atoms with van der Waals surface area (Å²) in [4.78, 5) is 14.2. The third-order valence-corrected chi connectivity index (χ3v) is 3.27. The highest BCUT2D eigenvalue weighted by molar-refractivity contribution is 6.33. The molecule has 0 N–H and O–H groups in total. The molecule has 1 atom stereocenters. The number of nitrogens with zero attached hydrogens (tertiary/aromatic N) is 3. The second-order valence-electron chi connectivity index (χ2n) is 4.88. The molecule has 0 aliphatic rings. The Morgan fingerprint density at radius 2 is 2.26 bits per heavy atom. The molecule has 1 unspecified atom stereocenters. The lowest BCUT2D eigenvalue weighted by Gasteiger charge is -2.12. The van der Waals surface area contributed by atoms with E-state index in [1.54, 1.807) is 11.8 Å². The average Bonchev–Trinajstić information content (AvgIpc) is 2.74. The predicted octanol–water partition coefficient (Wildman–Crippen LogP) is 2.10. The summed E-state index contributed by atoms with van der Waals surface area (Å²) < 4.78 is 6.83. The zero-order valence-corrected chi connectivity index (χ0v) is 12.8. The molecule has 1 aromatic heterocycles. The molecule has 1 rings (SSSR count). The number of likely N-dealkylation sites (N-methyl/N-ethyl adjacent to an activating group) is 1. The largest absolute Gasteiger partial charge is 0.382 e. The number of hydrogen-bond donors (Lipinski definition) is 0. The van der Waals surface area contributed by atoms with E-state index in [-0.39, 0.29) is 11.9 Å². The average molecular weight is 288 g/mol. The highest BCUT2D eigenvalue weighted by Crippen LogP contribution is 2.18. The van der Waals surface area contributed by atoms with Crippen LogP contribution in [0.1, 0.15) is 30.3 Å². The van der Waals surface area contributed by atoms with Crippen molar-refractivity contribution >= 4 is 17.4 Å². The minimum atomic E-state index is 0.0187. The number of methoxy groups -OCH3 is 1. The van der Waals surface area contributed by atoms with Gasteiger partial charge in [0.25, 0.3) is 0 Å². The number of aromatic nitrogens is 2. The summed E-state index contributed by atoms with van der Waals surface area (Å²) in [7, 11) is 5.60. The van der Waals surface area contributed by atoms with Crippen molar-refractivity contribution < 1.29 is 9.53 Å². The molecule has 19 heavy (non-hydrogen) atoms. The van der Waals surface area contributed by atoms with E-state index >= 15 is 0 Å². The summed E-state index contributed by atoms with van der Waals surface area (Å²) in [6, 6.07) is 0. The van der Waals surface area contributed by atoms with E-state index in [0.717, 1.165) is 6.54 Å². The molecule has 1 heterocycles. The van der Waals surface area contributed by atoms with Gasteiger partial charge in [-0.1, -0.05) is 11.6 Å². The number of ether oxygens (including phenoxy) is 1. The molecular weight excluding hydrogens is 266 g/mol. The van der Waals surface area contributed by atoms with Crippen LogP contribution in [0.15, 0.2) is 6.20 Å². The van der Waals surface area contributed by atoms with E-state index in [0.29, 0.717) is 30.1 Å². The fourth-order valence-corrected chi connectivity index (χ4v) is 1.92. The van der Waals surface area contributed by atoms with Crippen molar-refractivity contribution in [2.24, 2.45) is 0 Å². The molecule has 0 aromatic carbocycles. The van der Waals surface area contributed by atoms with Crippen molar-refractivity contribution in [2.75, 3.05) is 27.7 Å². The fourth-order valence-electron chi connectivity index (χ4n) is 1.67. The quantitative estimate of drug-likeness (QED) is 0.687. The number of halogens is 1. The Labute approximate surface area is 119 Å². The van der Waals surface area contributed by atoms with Gasteiger partial charge in [-0.3, -0.25) is 9.48 Å². The number of ketones is 1. The van der Waals surface area contributed by atoms with E-state index in [2.05, 4.69) is 5.10 Å². The summed E-state index contributed by atoms with van der Waals surface area (Å²) in [6.07, 6.45) is 2.71. The Morgan fingerprint density at radius 3 is 2.84 bits per heavy atom. The van der Waals surface area contributed by atoms with Gasteiger partial charge in [-0.25, -0.2) is 0 Å². The van der Waals surface area contributed by atoms with Gasteiger partial charge in [0.15, 0.2) is 5.78 Å². The maximum absolute atomic E-state index is 12.2. The van der Waals surface area contributed by atoms with Crippen LogP contribution in [0, 0.1) is 0 Å². The lowest BCUT2D eigenvalue weighted by atomic mass is 10.1. The summed E-state index contributed by atoms with van der Waals surface area (Å²) in [5.41, 5.74) is 0.506. The SMILES string of the molecule is COC(C)CCC(=O)c1c(Cl)cnn1CCN(C)C. The Morgan fingerprint density at radius 1 is 1.58 bits per heavy atom. The topological polar surface area (TPSA) is 47.4 Å². The molecule has 0 saturated heterocycles. The predicted molar refractivity (Wildman–Crippen MR) is 75.8 cm³/mol. The third-order valence-electron chi connectivity index (χ3n) is 3.00. The Kier molecular flexibility index (Phi) is 6.48. The van der Waals surface area contributed by atoms with Crippen molar-refractivity contribution in [3.63, 3.8) is 0 Å². The lowest BCUT2D eigenvalue weighted by molar-refractivity contribution is 0.0869. The highest BCUT2D eigenvalue weighted by atomic mass is 35.5. The molecule has 0 bridgehead atoms. The van der Waals surface area contributed by atoms with E-state index in [4.69, 9.17) is 16.3 Å². The van der Waals surface area contributed by atoms with Crippen LogP contribution in [0.5, 0.6) is 0 Å². The van der Waals surface area contributed by atoms with E-state index < -0.39 is 0 Å². The van der Waals surface area contributed by atoms with E-state index in [9.17, 15) is 4.79 Å². The van der Waals surface area contributed by atoms with Gasteiger partial charge in [-0.15, -0.1) is 0 Å². The Hall–Kier alpha value is -0.910.